The highest BCUT2D eigenvalue weighted by Crippen LogP contribution is 2.31. The fraction of sp³-hybridized carbons (Fsp3) is 0.276. The van der Waals surface area contributed by atoms with Crippen LogP contribution < -0.4 is 4.57 Å². The van der Waals surface area contributed by atoms with Gasteiger partial charge in [-0.05, 0) is 46.4 Å². The van der Waals surface area contributed by atoms with Crippen LogP contribution in [-0.2, 0) is 29.8 Å². The molecule has 3 nitrogen and oxygen atoms in total. The monoisotopic (exact) mass is 561 g/mol. The molecule has 0 spiro atoms. The van der Waals surface area contributed by atoms with Crippen molar-refractivity contribution in [2.24, 2.45) is 0 Å². The first-order valence-electron chi connectivity index (χ1n) is 11.7. The largest absolute Gasteiger partial charge is 0.365 e. The Hall–Kier alpha value is -2.01. The number of nitrogens with zero attached hydrogens (tertiary/aromatic N) is 2. The predicted molar refractivity (Wildman–Crippen MR) is 149 cm³/mol. The number of rotatable bonds is 8. The Kier molecular flexibility index (Phi) is 8.70. The molecule has 0 aliphatic rings. The first-order valence-corrected chi connectivity index (χ1v) is 13.2. The molecule has 0 radical (unpaired) electrons. The summed E-state index contributed by atoms with van der Waals surface area (Å²) < 4.78 is 10.6. The van der Waals surface area contributed by atoms with Crippen LogP contribution >= 0.6 is 46.4 Å². The number of benzene rings is 3. The Morgan fingerprint density at radius 3 is 2.17 bits per heavy atom. The van der Waals surface area contributed by atoms with Gasteiger partial charge in [0.05, 0.1) is 6.61 Å². The molecular weight excluding hydrogens is 534 g/mol. The molecule has 1 unspecified atom stereocenters. The molecule has 0 saturated heterocycles. The van der Waals surface area contributed by atoms with Crippen LogP contribution in [0.15, 0.2) is 79.4 Å². The van der Waals surface area contributed by atoms with Crippen molar-refractivity contribution in [1.29, 1.82) is 0 Å². The van der Waals surface area contributed by atoms with Gasteiger partial charge in [0.15, 0.2) is 0 Å². The Labute approximate surface area is 233 Å². The Morgan fingerprint density at radius 2 is 1.53 bits per heavy atom. The van der Waals surface area contributed by atoms with E-state index in [1.807, 2.05) is 24.4 Å². The van der Waals surface area contributed by atoms with E-state index in [0.29, 0.717) is 33.2 Å². The molecule has 0 amide bonds. The van der Waals surface area contributed by atoms with Gasteiger partial charge in [0.2, 0.25) is 6.33 Å². The van der Waals surface area contributed by atoms with E-state index in [1.54, 1.807) is 18.2 Å². The lowest BCUT2D eigenvalue weighted by atomic mass is 9.87. The molecule has 1 aromatic heterocycles. The van der Waals surface area contributed by atoms with E-state index in [-0.39, 0.29) is 11.5 Å². The van der Waals surface area contributed by atoms with E-state index in [1.165, 1.54) is 11.1 Å². The molecule has 0 aliphatic carbocycles. The van der Waals surface area contributed by atoms with Gasteiger partial charge in [-0.2, -0.15) is 0 Å². The Balaban J connectivity index is 1.51. The molecule has 1 atom stereocenters. The predicted octanol–water partition coefficient (Wildman–Crippen LogP) is 8.69. The van der Waals surface area contributed by atoms with Crippen LogP contribution in [0.25, 0.3) is 0 Å². The van der Waals surface area contributed by atoms with Crippen LogP contribution in [0.2, 0.25) is 20.1 Å². The highest BCUT2D eigenvalue weighted by atomic mass is 35.5. The number of hydrogen-bond acceptors (Lipinski definition) is 1. The molecule has 0 fully saturated rings. The van der Waals surface area contributed by atoms with Gasteiger partial charge < -0.3 is 4.74 Å². The van der Waals surface area contributed by atoms with Gasteiger partial charge in [0.25, 0.3) is 0 Å². The highest BCUT2D eigenvalue weighted by molar-refractivity contribution is 6.35. The molecule has 1 heterocycles. The lowest BCUT2D eigenvalue weighted by Crippen LogP contribution is -2.31. The summed E-state index contributed by atoms with van der Waals surface area (Å²) in [7, 11) is 0. The van der Waals surface area contributed by atoms with Gasteiger partial charge in [-0.15, -0.1) is 0 Å². The lowest BCUT2D eigenvalue weighted by molar-refractivity contribution is -0.687. The maximum absolute atomic E-state index is 6.56. The molecule has 4 rings (SSSR count). The summed E-state index contributed by atoms with van der Waals surface area (Å²) in [5, 5.41) is 2.30. The molecule has 3 aromatic carbocycles. The van der Waals surface area contributed by atoms with Gasteiger partial charge >= 0.3 is 0 Å². The van der Waals surface area contributed by atoms with Gasteiger partial charge in [-0.1, -0.05) is 104 Å². The molecule has 0 N–H and O–H groups in total. The maximum Gasteiger partial charge on any atom is 0.244 e. The van der Waals surface area contributed by atoms with Crippen LogP contribution in [0, 0.1) is 0 Å². The summed E-state index contributed by atoms with van der Waals surface area (Å²) >= 11 is 25.1. The van der Waals surface area contributed by atoms with E-state index < -0.39 is 0 Å². The molecular formula is C29H29Cl4N2O+. The van der Waals surface area contributed by atoms with E-state index in [4.69, 9.17) is 51.1 Å². The minimum Gasteiger partial charge on any atom is -0.365 e. The molecule has 36 heavy (non-hydrogen) atoms. The summed E-state index contributed by atoms with van der Waals surface area (Å²) in [5.74, 6) is 0. The average molecular weight is 563 g/mol. The van der Waals surface area contributed by atoms with Gasteiger partial charge in [0.1, 0.15) is 31.6 Å². The first-order chi connectivity index (χ1) is 17.1. The number of ether oxygens (including phenoxy) is 1. The second-order valence-electron chi connectivity index (χ2n) is 9.93. The SMILES string of the molecule is CC(C)(C)c1ccc(C[n+]2ccn(CC(OCc3ccc(Cl)cc3Cl)c3ccc(Cl)cc3Cl)c2)cc1. The van der Waals surface area contributed by atoms with Crippen LogP contribution in [-0.4, -0.2) is 4.57 Å². The van der Waals surface area contributed by atoms with Gasteiger partial charge in [-0.25, -0.2) is 9.13 Å². The molecule has 188 valence electrons. The zero-order chi connectivity index (χ0) is 25.9. The number of hydrogen-bond donors (Lipinski definition) is 0. The van der Waals surface area contributed by atoms with E-state index >= 15 is 0 Å². The minimum absolute atomic E-state index is 0.142. The van der Waals surface area contributed by atoms with Crippen LogP contribution in [0.4, 0.5) is 0 Å². The molecule has 4 aromatic rings. The Bertz CT molecular complexity index is 1330. The van der Waals surface area contributed by atoms with E-state index in [0.717, 1.165) is 17.7 Å². The Morgan fingerprint density at radius 1 is 0.861 bits per heavy atom. The summed E-state index contributed by atoms with van der Waals surface area (Å²) in [5.41, 5.74) is 4.44. The summed E-state index contributed by atoms with van der Waals surface area (Å²) in [4.78, 5) is 0. The minimum atomic E-state index is -0.312. The smallest absolute Gasteiger partial charge is 0.244 e. The second-order valence-corrected chi connectivity index (χ2v) is 11.6. The van der Waals surface area contributed by atoms with Crippen LogP contribution in [0.1, 0.15) is 49.1 Å². The van der Waals surface area contributed by atoms with Crippen molar-refractivity contribution in [1.82, 2.24) is 4.57 Å². The van der Waals surface area contributed by atoms with Crippen molar-refractivity contribution in [3.63, 3.8) is 0 Å². The summed E-state index contributed by atoms with van der Waals surface area (Å²) in [6, 6.07) is 19.7. The van der Waals surface area contributed by atoms with Crippen LogP contribution in [0.3, 0.4) is 0 Å². The fourth-order valence-corrected chi connectivity index (χ4v) is 4.98. The van der Waals surface area contributed by atoms with Gasteiger partial charge in [-0.3, -0.25) is 0 Å². The van der Waals surface area contributed by atoms with Crippen molar-refractivity contribution < 1.29 is 9.30 Å². The quantitative estimate of drug-likeness (QED) is 0.196. The average Bonchev–Trinajstić information content (AvgIpc) is 3.24. The van der Waals surface area contributed by atoms with Crippen molar-refractivity contribution in [3.8, 4) is 0 Å². The lowest BCUT2D eigenvalue weighted by Gasteiger charge is -2.19. The zero-order valence-electron chi connectivity index (χ0n) is 20.5. The third-order valence-electron chi connectivity index (χ3n) is 6.07. The molecule has 0 aliphatic heterocycles. The standard InChI is InChI=1S/C29H29Cl4N2O/c1-29(2,3)22-7-4-20(5-8-22)16-34-12-13-35(19-34)17-28(25-11-10-24(31)15-27(25)33)36-18-21-6-9-23(30)14-26(21)32/h4-15,19,28H,16-18H2,1-3H3/q+1. The van der Waals surface area contributed by atoms with Gasteiger partial charge in [0, 0.05) is 25.7 Å². The third kappa shape index (κ3) is 7.06. The van der Waals surface area contributed by atoms with Crippen molar-refractivity contribution >= 4 is 46.4 Å². The second kappa shape index (κ2) is 11.6. The fourth-order valence-electron chi connectivity index (χ4n) is 3.99. The maximum atomic E-state index is 6.56. The topological polar surface area (TPSA) is 18.0 Å². The third-order valence-corrected chi connectivity index (χ3v) is 7.22. The number of aromatic nitrogens is 2. The molecule has 7 heteroatoms. The first kappa shape index (κ1) is 27.0. The normalized spacial score (nSPS) is 12.6. The van der Waals surface area contributed by atoms with E-state index in [9.17, 15) is 0 Å². The van der Waals surface area contributed by atoms with Crippen molar-refractivity contribution in [3.05, 3.63) is 122 Å². The van der Waals surface area contributed by atoms with Crippen molar-refractivity contribution in [2.75, 3.05) is 0 Å². The van der Waals surface area contributed by atoms with E-state index in [2.05, 4.69) is 66.7 Å². The molecule has 0 saturated carbocycles. The summed E-state index contributed by atoms with van der Waals surface area (Å²) in [6.45, 7) is 8.35. The van der Waals surface area contributed by atoms with Crippen LogP contribution in [0.5, 0.6) is 0 Å². The zero-order valence-corrected chi connectivity index (χ0v) is 23.5. The molecule has 0 bridgehead atoms. The number of halogens is 4. The summed E-state index contributed by atoms with van der Waals surface area (Å²) in [6.07, 6.45) is 5.87. The number of imidazole rings is 1. The van der Waals surface area contributed by atoms with Crippen molar-refractivity contribution in [2.45, 2.75) is 52.0 Å². The highest BCUT2D eigenvalue weighted by Gasteiger charge is 2.21.